The lowest BCUT2D eigenvalue weighted by atomic mass is 10.0. The van der Waals surface area contributed by atoms with E-state index in [0.717, 1.165) is 30.6 Å². The molecule has 1 aromatic rings. The van der Waals surface area contributed by atoms with Crippen LogP contribution < -0.4 is 10.9 Å². The highest BCUT2D eigenvalue weighted by molar-refractivity contribution is 5.85. The van der Waals surface area contributed by atoms with Crippen LogP contribution in [0.2, 0.25) is 0 Å². The highest BCUT2D eigenvalue weighted by Gasteiger charge is 2.16. The molecule has 3 nitrogen and oxygen atoms in total. The predicted molar refractivity (Wildman–Crippen MR) is 55.2 cm³/mol. The fraction of sp³-hybridized carbons (Fsp3) is 0.333. The van der Waals surface area contributed by atoms with Gasteiger partial charge in [0.25, 0.3) is 0 Å². The van der Waals surface area contributed by atoms with Gasteiger partial charge in [-0.25, -0.2) is 5.84 Å². The van der Waals surface area contributed by atoms with Gasteiger partial charge in [-0.05, 0) is 25.0 Å². The first-order chi connectivity index (χ1) is 5.79. The molecular weight excluding hydrogens is 188 g/mol. The molecule has 1 aliphatic rings. The van der Waals surface area contributed by atoms with Crippen LogP contribution in [0, 0.1) is 0 Å². The Hall–Kier alpha value is -0.930. The maximum atomic E-state index is 9.49. The Balaban J connectivity index is 0.000000845. The zero-order valence-electron chi connectivity index (χ0n) is 7.23. The molecule has 0 fully saturated rings. The predicted octanol–water partition coefficient (Wildman–Crippen LogP) is 1.44. The molecule has 0 saturated carbocycles. The average molecular weight is 201 g/mol. The van der Waals surface area contributed by atoms with Crippen molar-refractivity contribution < 1.29 is 5.11 Å². The maximum Gasteiger partial charge on any atom is 0.120 e. The molecule has 0 aliphatic carbocycles. The van der Waals surface area contributed by atoms with Crippen LogP contribution in [0.5, 0.6) is 5.75 Å². The van der Waals surface area contributed by atoms with E-state index in [1.807, 2.05) is 12.1 Å². The number of aromatic hydroxyl groups is 1. The minimum Gasteiger partial charge on any atom is -0.508 e. The Kier molecular flexibility index (Phi) is 3.01. The van der Waals surface area contributed by atoms with Crippen molar-refractivity contribution in [2.75, 3.05) is 11.6 Å². The summed E-state index contributed by atoms with van der Waals surface area (Å²) in [5, 5.41) is 11.2. The van der Waals surface area contributed by atoms with Gasteiger partial charge in [-0.2, -0.15) is 0 Å². The molecule has 0 atom stereocenters. The number of anilines is 1. The van der Waals surface area contributed by atoms with E-state index in [9.17, 15) is 5.11 Å². The highest BCUT2D eigenvalue weighted by Crippen LogP contribution is 2.31. The van der Waals surface area contributed by atoms with Gasteiger partial charge in [0.05, 0.1) is 5.69 Å². The van der Waals surface area contributed by atoms with Crippen molar-refractivity contribution in [3.05, 3.63) is 23.8 Å². The Morgan fingerprint density at radius 1 is 1.38 bits per heavy atom. The molecule has 1 heterocycles. The van der Waals surface area contributed by atoms with Crippen LogP contribution >= 0.6 is 12.4 Å². The number of benzene rings is 1. The zero-order valence-corrected chi connectivity index (χ0v) is 8.05. The molecular formula is C9H13ClN2O. The smallest absolute Gasteiger partial charge is 0.120 e. The number of hydrazine groups is 1. The Morgan fingerprint density at radius 2 is 2.15 bits per heavy atom. The molecule has 0 aromatic heterocycles. The van der Waals surface area contributed by atoms with Crippen molar-refractivity contribution in [3.8, 4) is 5.75 Å². The van der Waals surface area contributed by atoms with Crippen molar-refractivity contribution in [2.45, 2.75) is 12.8 Å². The molecule has 4 heteroatoms. The molecule has 0 spiro atoms. The first-order valence-electron chi connectivity index (χ1n) is 4.12. The second-order valence-electron chi connectivity index (χ2n) is 3.07. The summed E-state index contributed by atoms with van der Waals surface area (Å²) in [6.45, 7) is 0.871. The van der Waals surface area contributed by atoms with Crippen molar-refractivity contribution in [1.29, 1.82) is 0 Å². The summed E-state index contributed by atoms with van der Waals surface area (Å²) >= 11 is 0. The number of phenolic OH excluding ortho intramolecular Hbond substituents is 1. The molecule has 0 bridgehead atoms. The Morgan fingerprint density at radius 3 is 2.85 bits per heavy atom. The summed E-state index contributed by atoms with van der Waals surface area (Å²) in [5.74, 6) is 6.10. The van der Waals surface area contributed by atoms with E-state index >= 15 is 0 Å². The van der Waals surface area contributed by atoms with Crippen LogP contribution in [0.3, 0.4) is 0 Å². The third-order valence-electron chi connectivity index (χ3n) is 2.26. The van der Waals surface area contributed by atoms with E-state index in [1.54, 1.807) is 11.1 Å². The van der Waals surface area contributed by atoms with E-state index in [-0.39, 0.29) is 12.4 Å². The maximum absolute atomic E-state index is 9.49. The van der Waals surface area contributed by atoms with Crippen LogP contribution in [0.4, 0.5) is 5.69 Å². The second-order valence-corrected chi connectivity index (χ2v) is 3.07. The van der Waals surface area contributed by atoms with E-state index < -0.39 is 0 Å². The van der Waals surface area contributed by atoms with Gasteiger partial charge in [0.1, 0.15) is 5.75 Å². The Bertz CT molecular complexity index is 304. The average Bonchev–Trinajstić information content (AvgIpc) is 2.07. The molecule has 72 valence electrons. The number of hydrogen-bond acceptors (Lipinski definition) is 3. The molecule has 1 aliphatic heterocycles. The summed E-state index contributed by atoms with van der Waals surface area (Å²) < 4.78 is 0. The number of phenols is 1. The molecule has 0 radical (unpaired) electrons. The van der Waals surface area contributed by atoms with Crippen LogP contribution in [0.25, 0.3) is 0 Å². The first kappa shape index (κ1) is 10.2. The number of fused-ring (bicyclic) bond motifs is 1. The summed E-state index contributed by atoms with van der Waals surface area (Å²) in [6, 6.07) is 5.46. The van der Waals surface area contributed by atoms with Crippen molar-refractivity contribution in [3.63, 3.8) is 0 Å². The third-order valence-corrected chi connectivity index (χ3v) is 2.26. The number of nitrogens with two attached hydrogens (primary N) is 1. The van der Waals surface area contributed by atoms with Crippen LogP contribution in [-0.4, -0.2) is 11.7 Å². The largest absolute Gasteiger partial charge is 0.508 e. The lowest BCUT2D eigenvalue weighted by molar-refractivity contribution is 0.464. The summed E-state index contributed by atoms with van der Waals surface area (Å²) in [5.41, 5.74) is 1.94. The second kappa shape index (κ2) is 3.85. The topological polar surface area (TPSA) is 49.5 Å². The fourth-order valence-electron chi connectivity index (χ4n) is 1.63. The van der Waals surface area contributed by atoms with Gasteiger partial charge in [-0.3, -0.25) is 0 Å². The molecule has 13 heavy (non-hydrogen) atoms. The van der Waals surface area contributed by atoms with Crippen LogP contribution in [0.1, 0.15) is 12.0 Å². The molecule has 1 aromatic carbocycles. The van der Waals surface area contributed by atoms with Gasteiger partial charge in [-0.15, -0.1) is 12.4 Å². The molecule has 2 rings (SSSR count). The van der Waals surface area contributed by atoms with Crippen molar-refractivity contribution in [1.82, 2.24) is 0 Å². The monoisotopic (exact) mass is 200 g/mol. The lowest BCUT2D eigenvalue weighted by Gasteiger charge is -2.26. The third kappa shape index (κ3) is 1.71. The van der Waals surface area contributed by atoms with Crippen LogP contribution in [-0.2, 0) is 6.42 Å². The fourth-order valence-corrected chi connectivity index (χ4v) is 1.63. The minimum atomic E-state index is 0. The Labute approximate surface area is 83.5 Å². The van der Waals surface area contributed by atoms with Gasteiger partial charge >= 0.3 is 0 Å². The van der Waals surface area contributed by atoms with Gasteiger partial charge in [0, 0.05) is 12.1 Å². The van der Waals surface area contributed by atoms with Crippen LogP contribution in [0.15, 0.2) is 18.2 Å². The van der Waals surface area contributed by atoms with E-state index in [0.29, 0.717) is 5.75 Å². The van der Waals surface area contributed by atoms with Gasteiger partial charge in [-0.1, -0.05) is 6.07 Å². The normalized spacial score (nSPS) is 14.7. The lowest BCUT2D eigenvalue weighted by Crippen LogP contribution is -2.35. The summed E-state index contributed by atoms with van der Waals surface area (Å²) in [4.78, 5) is 0. The molecule has 0 saturated heterocycles. The summed E-state index contributed by atoms with van der Waals surface area (Å²) in [7, 11) is 0. The minimum absolute atomic E-state index is 0. The van der Waals surface area contributed by atoms with E-state index in [2.05, 4.69) is 0 Å². The van der Waals surface area contributed by atoms with Crippen molar-refractivity contribution >= 4 is 18.1 Å². The molecule has 3 N–H and O–H groups in total. The number of hydrogen-bond donors (Lipinski definition) is 2. The first-order valence-corrected chi connectivity index (χ1v) is 4.12. The van der Waals surface area contributed by atoms with E-state index in [1.165, 1.54) is 0 Å². The molecule has 0 amide bonds. The molecule has 0 unspecified atom stereocenters. The standard InChI is InChI=1S/C9H12N2O.ClH/c10-11-6-2-3-7-8(11)4-1-5-9(7)12;/h1,4-5,12H,2-3,6,10H2;1H. The van der Waals surface area contributed by atoms with Gasteiger partial charge < -0.3 is 10.1 Å². The van der Waals surface area contributed by atoms with Crippen molar-refractivity contribution in [2.24, 2.45) is 5.84 Å². The van der Waals surface area contributed by atoms with Gasteiger partial charge in [0.15, 0.2) is 0 Å². The number of halogens is 1. The summed E-state index contributed by atoms with van der Waals surface area (Å²) in [6.07, 6.45) is 1.94. The number of rotatable bonds is 0. The SMILES string of the molecule is Cl.NN1CCCc2c(O)cccc21. The van der Waals surface area contributed by atoms with E-state index in [4.69, 9.17) is 5.84 Å². The zero-order chi connectivity index (χ0) is 8.55. The van der Waals surface area contributed by atoms with Gasteiger partial charge in [0.2, 0.25) is 0 Å². The highest BCUT2D eigenvalue weighted by atomic mass is 35.5. The number of nitrogens with zero attached hydrogens (tertiary/aromatic N) is 1. The quantitative estimate of drug-likeness (QED) is 0.624.